The lowest BCUT2D eigenvalue weighted by molar-refractivity contribution is -0.143. The summed E-state index contributed by atoms with van der Waals surface area (Å²) < 4.78 is 5.52. The van der Waals surface area contributed by atoms with Crippen molar-refractivity contribution in [3.8, 4) is 0 Å². The molecule has 6 heteroatoms. The molecule has 0 rings (SSSR count). The SMILES string of the molecule is CCCCCCCCC/C=C\CCCCCCCCCC(=O)OCCCCCCCCCCCCCCCCCC/C=C\CCCCCCCCCCCCCCCCCCCC(=O)NC(CO)C(O)/C=C/CCCCCCCCCCCCCCCCCCCCCCC. The Morgan fingerprint density at radius 3 is 0.747 bits per heavy atom. The first kappa shape index (κ1) is 93.1. The van der Waals surface area contributed by atoms with E-state index in [1.165, 1.54) is 430 Å². The molecule has 0 heterocycles. The Hall–Kier alpha value is -1.92. The zero-order valence-corrected chi connectivity index (χ0v) is 64.7. The second kappa shape index (κ2) is 84.5. The van der Waals surface area contributed by atoms with Crippen LogP contribution in [0.15, 0.2) is 36.5 Å². The maximum absolute atomic E-state index is 12.6. The van der Waals surface area contributed by atoms with Crippen LogP contribution in [0.25, 0.3) is 0 Å². The smallest absolute Gasteiger partial charge is 0.305 e. The largest absolute Gasteiger partial charge is 0.466 e. The summed E-state index contributed by atoms with van der Waals surface area (Å²) in [6, 6.07) is -0.626. The van der Waals surface area contributed by atoms with Gasteiger partial charge in [-0.15, -0.1) is 0 Å². The summed E-state index contributed by atoms with van der Waals surface area (Å²) in [7, 11) is 0. The number of aliphatic hydroxyl groups excluding tert-OH is 2. The third kappa shape index (κ3) is 80.9. The Morgan fingerprint density at radius 1 is 0.284 bits per heavy atom. The number of carbonyl (C=O) groups excluding carboxylic acids is 2. The van der Waals surface area contributed by atoms with E-state index in [4.69, 9.17) is 4.74 Å². The van der Waals surface area contributed by atoms with Crippen LogP contribution in [0, 0.1) is 0 Å². The Bertz CT molecular complexity index is 1540. The van der Waals surface area contributed by atoms with Crippen molar-refractivity contribution < 1.29 is 24.5 Å². The number of ether oxygens (including phenoxy) is 1. The number of rotatable bonds is 83. The van der Waals surface area contributed by atoms with Crippen LogP contribution >= 0.6 is 0 Å². The Balaban J connectivity index is 3.35. The molecule has 0 aromatic rings. The molecule has 2 atom stereocenters. The second-order valence-corrected chi connectivity index (χ2v) is 30.2. The average molecular weight is 1340 g/mol. The van der Waals surface area contributed by atoms with Gasteiger partial charge in [0.05, 0.1) is 25.4 Å². The summed E-state index contributed by atoms with van der Waals surface area (Å²) in [5, 5.41) is 23.3. The van der Waals surface area contributed by atoms with Crippen molar-refractivity contribution in [2.24, 2.45) is 0 Å². The highest BCUT2D eigenvalue weighted by Crippen LogP contribution is 2.20. The van der Waals surface area contributed by atoms with Gasteiger partial charge in [-0.25, -0.2) is 0 Å². The minimum absolute atomic E-state index is 0.0194. The zero-order chi connectivity index (χ0) is 68.4. The second-order valence-electron chi connectivity index (χ2n) is 30.2. The number of esters is 1. The molecule has 0 spiro atoms. The molecule has 6 nitrogen and oxygen atoms in total. The average Bonchev–Trinajstić information content (AvgIpc) is 3.03. The maximum Gasteiger partial charge on any atom is 0.305 e. The highest BCUT2D eigenvalue weighted by atomic mass is 16.5. The molecule has 0 bridgehead atoms. The van der Waals surface area contributed by atoms with Crippen molar-refractivity contribution in [2.45, 2.75) is 508 Å². The van der Waals surface area contributed by atoms with E-state index in [0.717, 1.165) is 38.5 Å². The Morgan fingerprint density at radius 2 is 0.495 bits per heavy atom. The van der Waals surface area contributed by atoms with Gasteiger partial charge in [0, 0.05) is 12.8 Å². The monoisotopic (exact) mass is 1330 g/mol. The Labute approximate surface area is 595 Å². The fourth-order valence-corrected chi connectivity index (χ4v) is 14.0. The fourth-order valence-electron chi connectivity index (χ4n) is 14.0. The number of aliphatic hydroxyl groups is 2. The summed E-state index contributed by atoms with van der Waals surface area (Å²) in [6.07, 6.45) is 112. The Kier molecular flexibility index (Phi) is 82.8. The molecule has 0 saturated carbocycles. The van der Waals surface area contributed by atoms with E-state index in [1.807, 2.05) is 6.08 Å². The van der Waals surface area contributed by atoms with Crippen molar-refractivity contribution in [2.75, 3.05) is 13.2 Å². The number of amides is 1. The van der Waals surface area contributed by atoms with Crippen LogP contribution in [-0.4, -0.2) is 47.4 Å². The van der Waals surface area contributed by atoms with Crippen LogP contribution in [0.5, 0.6) is 0 Å². The minimum Gasteiger partial charge on any atom is -0.466 e. The lowest BCUT2D eigenvalue weighted by Crippen LogP contribution is -2.45. The van der Waals surface area contributed by atoms with E-state index < -0.39 is 12.1 Å². The van der Waals surface area contributed by atoms with Crippen LogP contribution < -0.4 is 5.32 Å². The first-order valence-electron chi connectivity index (χ1n) is 43.8. The minimum atomic E-state index is -0.843. The van der Waals surface area contributed by atoms with E-state index in [1.54, 1.807) is 6.08 Å². The van der Waals surface area contributed by atoms with Gasteiger partial charge in [0.25, 0.3) is 0 Å². The van der Waals surface area contributed by atoms with Gasteiger partial charge in [-0.1, -0.05) is 436 Å². The summed E-state index contributed by atoms with van der Waals surface area (Å²) in [6.45, 7) is 4.96. The number of allylic oxidation sites excluding steroid dienone is 5. The van der Waals surface area contributed by atoms with Gasteiger partial charge in [-0.2, -0.15) is 0 Å². The molecule has 0 fully saturated rings. The van der Waals surface area contributed by atoms with Crippen molar-refractivity contribution in [1.82, 2.24) is 5.32 Å². The van der Waals surface area contributed by atoms with Crippen LogP contribution in [0.3, 0.4) is 0 Å². The molecule has 0 aliphatic heterocycles. The first-order valence-corrected chi connectivity index (χ1v) is 43.8. The van der Waals surface area contributed by atoms with Gasteiger partial charge >= 0.3 is 5.97 Å². The fraction of sp³-hybridized carbons (Fsp3) is 0.910. The lowest BCUT2D eigenvalue weighted by Gasteiger charge is -2.20. The summed E-state index contributed by atoms with van der Waals surface area (Å²) in [5.74, 6) is -0.0393. The molecule has 0 aromatic heterocycles. The quantitative estimate of drug-likeness (QED) is 0.0320. The lowest BCUT2D eigenvalue weighted by atomic mass is 10.0. The van der Waals surface area contributed by atoms with Gasteiger partial charge in [-0.05, 0) is 83.5 Å². The van der Waals surface area contributed by atoms with Crippen molar-refractivity contribution in [3.05, 3.63) is 36.5 Å². The molecule has 3 N–H and O–H groups in total. The molecule has 0 aliphatic carbocycles. The number of hydrogen-bond acceptors (Lipinski definition) is 5. The predicted molar refractivity (Wildman–Crippen MR) is 421 cm³/mol. The summed E-state index contributed by atoms with van der Waals surface area (Å²) in [5.41, 5.74) is 0. The number of nitrogens with one attached hydrogen (secondary N) is 1. The van der Waals surface area contributed by atoms with Gasteiger partial charge in [0.2, 0.25) is 5.91 Å². The number of hydrogen-bond donors (Lipinski definition) is 3. The normalized spacial score (nSPS) is 12.6. The molecule has 0 aromatic carbocycles. The van der Waals surface area contributed by atoms with E-state index in [9.17, 15) is 19.8 Å². The van der Waals surface area contributed by atoms with Gasteiger partial charge in [0.15, 0.2) is 0 Å². The van der Waals surface area contributed by atoms with Gasteiger partial charge < -0.3 is 20.3 Å². The number of unbranched alkanes of at least 4 members (excludes halogenated alkanes) is 68. The van der Waals surface area contributed by atoms with E-state index in [0.29, 0.717) is 19.4 Å². The highest BCUT2D eigenvalue weighted by Gasteiger charge is 2.18. The topological polar surface area (TPSA) is 95.9 Å². The van der Waals surface area contributed by atoms with Gasteiger partial charge in [-0.3, -0.25) is 9.59 Å². The van der Waals surface area contributed by atoms with Crippen molar-refractivity contribution in [1.29, 1.82) is 0 Å². The molecule has 0 radical (unpaired) electrons. The first-order chi connectivity index (χ1) is 47.0. The summed E-state index contributed by atoms with van der Waals surface area (Å²) >= 11 is 0. The molecule has 562 valence electrons. The standard InChI is InChI=1S/C89H171NO5/c1-3-5-7-9-11-13-15-17-19-21-23-24-40-43-46-49-53-57-61-65-69-73-77-81-87(92)86(85-91)90-88(93)82-78-74-70-66-62-58-54-50-47-44-41-38-36-34-32-30-28-26-25-27-29-31-33-35-37-39-42-45-48-52-56-60-64-68-72-76-80-84-95-89(94)83-79-75-71-67-63-59-55-51-22-20-18-16-14-12-10-8-6-4-2/h20,22,25,27,77,81,86-87,91-92H,3-19,21,23-24,26,28-76,78-80,82-85H2,1-2H3,(H,90,93)/b22-20-,27-25-,81-77+. The van der Waals surface area contributed by atoms with Crippen LogP contribution in [0.1, 0.15) is 495 Å². The highest BCUT2D eigenvalue weighted by molar-refractivity contribution is 5.76. The van der Waals surface area contributed by atoms with E-state index >= 15 is 0 Å². The maximum atomic E-state index is 12.6. The van der Waals surface area contributed by atoms with Crippen LogP contribution in [-0.2, 0) is 14.3 Å². The van der Waals surface area contributed by atoms with Crippen LogP contribution in [0.2, 0.25) is 0 Å². The van der Waals surface area contributed by atoms with E-state index in [2.05, 4.69) is 43.5 Å². The number of carbonyl (C=O) groups is 2. The third-order valence-corrected chi connectivity index (χ3v) is 20.6. The molecule has 95 heavy (non-hydrogen) atoms. The molecule has 0 saturated heterocycles. The summed E-state index contributed by atoms with van der Waals surface area (Å²) in [4.78, 5) is 24.7. The van der Waals surface area contributed by atoms with Crippen molar-refractivity contribution in [3.63, 3.8) is 0 Å². The molecular formula is C89H171NO5. The molecular weight excluding hydrogens is 1160 g/mol. The molecule has 0 aliphatic rings. The van der Waals surface area contributed by atoms with E-state index in [-0.39, 0.29) is 18.5 Å². The predicted octanol–water partition coefficient (Wildman–Crippen LogP) is 29.3. The molecule has 2 unspecified atom stereocenters. The van der Waals surface area contributed by atoms with Crippen LogP contribution in [0.4, 0.5) is 0 Å². The molecule has 1 amide bonds. The third-order valence-electron chi connectivity index (χ3n) is 20.6. The van der Waals surface area contributed by atoms with Gasteiger partial charge in [0.1, 0.15) is 0 Å². The zero-order valence-electron chi connectivity index (χ0n) is 64.7. The van der Waals surface area contributed by atoms with Crippen molar-refractivity contribution >= 4 is 11.9 Å².